The second-order valence-corrected chi connectivity index (χ2v) is 6.71. The van der Waals surface area contributed by atoms with Crippen LogP contribution in [0.4, 0.5) is 5.69 Å². The number of nitrogens with zero attached hydrogens (tertiary/aromatic N) is 2. The van der Waals surface area contributed by atoms with E-state index < -0.39 is 0 Å². The summed E-state index contributed by atoms with van der Waals surface area (Å²) in [6.45, 7) is 10.6. The van der Waals surface area contributed by atoms with Gasteiger partial charge in [-0.25, -0.2) is 0 Å². The second kappa shape index (κ2) is 7.23. The summed E-state index contributed by atoms with van der Waals surface area (Å²) in [6.07, 6.45) is 6.18. The summed E-state index contributed by atoms with van der Waals surface area (Å²) in [5.74, 6) is 0.664. The quantitative estimate of drug-likeness (QED) is 0.874. The fourth-order valence-corrected chi connectivity index (χ4v) is 2.94. The number of pyridine rings is 1. The first-order valence-corrected chi connectivity index (χ1v) is 7.98. The Labute approximate surface area is 128 Å². The lowest BCUT2D eigenvalue weighted by atomic mass is 9.94. The van der Waals surface area contributed by atoms with E-state index in [9.17, 15) is 0 Å². The lowest BCUT2D eigenvalue weighted by Gasteiger charge is -2.41. The Morgan fingerprint density at radius 3 is 3.00 bits per heavy atom. The monoisotopic (exact) mass is 291 g/mol. The highest BCUT2D eigenvalue weighted by Crippen LogP contribution is 2.29. The summed E-state index contributed by atoms with van der Waals surface area (Å²) in [6, 6.07) is 2.13. The zero-order chi connectivity index (χ0) is 15.3. The van der Waals surface area contributed by atoms with Gasteiger partial charge in [0.05, 0.1) is 5.60 Å². The molecule has 1 atom stereocenters. The molecule has 0 radical (unpaired) electrons. The molecule has 21 heavy (non-hydrogen) atoms. The predicted octanol–water partition coefficient (Wildman–Crippen LogP) is 2.83. The third kappa shape index (κ3) is 4.42. The van der Waals surface area contributed by atoms with Crippen molar-refractivity contribution < 1.29 is 4.74 Å². The van der Waals surface area contributed by atoms with Gasteiger partial charge in [0.25, 0.3) is 0 Å². The molecule has 4 heteroatoms. The van der Waals surface area contributed by atoms with E-state index in [-0.39, 0.29) is 5.60 Å². The van der Waals surface area contributed by atoms with E-state index >= 15 is 0 Å². The lowest BCUT2D eigenvalue weighted by Crippen LogP contribution is -2.47. The summed E-state index contributed by atoms with van der Waals surface area (Å²) < 4.78 is 5.71. The third-order valence-electron chi connectivity index (χ3n) is 4.24. The van der Waals surface area contributed by atoms with E-state index in [4.69, 9.17) is 4.74 Å². The van der Waals surface area contributed by atoms with Crippen molar-refractivity contribution in [1.82, 2.24) is 10.3 Å². The fourth-order valence-electron chi connectivity index (χ4n) is 2.94. The van der Waals surface area contributed by atoms with Crippen LogP contribution in [0.25, 0.3) is 0 Å². The minimum absolute atomic E-state index is 0.0375. The molecule has 1 aliphatic heterocycles. The molecule has 1 aromatic heterocycles. The Bertz CT molecular complexity index is 449. The van der Waals surface area contributed by atoms with Crippen molar-refractivity contribution >= 4 is 5.69 Å². The molecular weight excluding hydrogens is 262 g/mol. The van der Waals surface area contributed by atoms with Gasteiger partial charge in [0, 0.05) is 50.4 Å². The first kappa shape index (κ1) is 16.2. The molecule has 1 fully saturated rings. The van der Waals surface area contributed by atoms with E-state index in [1.54, 1.807) is 0 Å². The van der Waals surface area contributed by atoms with E-state index in [0.717, 1.165) is 32.6 Å². The maximum Gasteiger partial charge on any atom is 0.0825 e. The van der Waals surface area contributed by atoms with Crippen LogP contribution in [0.5, 0.6) is 0 Å². The number of anilines is 1. The van der Waals surface area contributed by atoms with Gasteiger partial charge >= 0.3 is 0 Å². The van der Waals surface area contributed by atoms with Crippen molar-refractivity contribution in [2.24, 2.45) is 5.92 Å². The van der Waals surface area contributed by atoms with Gasteiger partial charge in [-0.15, -0.1) is 0 Å². The van der Waals surface area contributed by atoms with Crippen molar-refractivity contribution in [3.05, 3.63) is 24.0 Å². The molecule has 1 saturated heterocycles. The van der Waals surface area contributed by atoms with Crippen LogP contribution in [0, 0.1) is 5.92 Å². The van der Waals surface area contributed by atoms with Gasteiger partial charge in [-0.3, -0.25) is 4.98 Å². The van der Waals surface area contributed by atoms with Crippen LogP contribution in [0.15, 0.2) is 18.5 Å². The Morgan fingerprint density at radius 2 is 2.29 bits per heavy atom. The summed E-state index contributed by atoms with van der Waals surface area (Å²) in [7, 11) is 1.82. The highest BCUT2D eigenvalue weighted by atomic mass is 16.5. The van der Waals surface area contributed by atoms with Crippen molar-refractivity contribution in [1.29, 1.82) is 0 Å². The number of nitrogens with one attached hydrogen (secondary N) is 1. The van der Waals surface area contributed by atoms with Crippen LogP contribution < -0.4 is 10.2 Å². The second-order valence-electron chi connectivity index (χ2n) is 6.71. The van der Waals surface area contributed by atoms with Crippen molar-refractivity contribution in [2.45, 2.75) is 45.8 Å². The largest absolute Gasteiger partial charge is 0.377 e. The number of methoxy groups -OCH3 is 1. The zero-order valence-electron chi connectivity index (χ0n) is 13.9. The van der Waals surface area contributed by atoms with Gasteiger partial charge in [-0.2, -0.15) is 0 Å². The van der Waals surface area contributed by atoms with Crippen molar-refractivity contribution in [2.75, 3.05) is 31.6 Å². The lowest BCUT2D eigenvalue weighted by molar-refractivity contribution is -0.00468. The molecule has 1 unspecified atom stereocenters. The van der Waals surface area contributed by atoms with Crippen LogP contribution in [-0.2, 0) is 11.3 Å². The third-order valence-corrected chi connectivity index (χ3v) is 4.24. The highest BCUT2D eigenvalue weighted by molar-refractivity contribution is 5.53. The van der Waals surface area contributed by atoms with E-state index in [1.807, 2.05) is 19.5 Å². The highest BCUT2D eigenvalue weighted by Gasteiger charge is 2.31. The van der Waals surface area contributed by atoms with E-state index in [0.29, 0.717) is 5.92 Å². The summed E-state index contributed by atoms with van der Waals surface area (Å²) in [4.78, 5) is 6.74. The first-order valence-electron chi connectivity index (χ1n) is 7.98. The average Bonchev–Trinajstić information content (AvgIpc) is 2.47. The van der Waals surface area contributed by atoms with Gasteiger partial charge in [0.1, 0.15) is 0 Å². The number of hydrogen-bond acceptors (Lipinski definition) is 4. The van der Waals surface area contributed by atoms with Gasteiger partial charge in [0.15, 0.2) is 0 Å². The van der Waals surface area contributed by atoms with Gasteiger partial charge in [0.2, 0.25) is 0 Å². The summed E-state index contributed by atoms with van der Waals surface area (Å²) in [5.41, 5.74) is 2.53. The minimum Gasteiger partial charge on any atom is -0.377 e. The average molecular weight is 291 g/mol. The first-order chi connectivity index (χ1) is 10.0. The standard InChI is InChI=1S/C17H29N3O/c1-14(2)10-19-12-15-11-18-8-6-16(15)20-9-5-7-17(3,13-20)21-4/h6,8,11,14,19H,5,7,9-10,12-13H2,1-4H3. The van der Waals surface area contributed by atoms with E-state index in [1.165, 1.54) is 17.7 Å². The molecule has 0 amide bonds. The van der Waals surface area contributed by atoms with Crippen molar-refractivity contribution in [3.8, 4) is 0 Å². The Kier molecular flexibility index (Phi) is 5.59. The molecule has 2 heterocycles. The topological polar surface area (TPSA) is 37.4 Å². The van der Waals surface area contributed by atoms with Gasteiger partial charge < -0.3 is 15.0 Å². The summed E-state index contributed by atoms with van der Waals surface area (Å²) in [5, 5.41) is 3.52. The Morgan fingerprint density at radius 1 is 1.48 bits per heavy atom. The molecule has 1 aliphatic rings. The maximum atomic E-state index is 5.71. The fraction of sp³-hybridized carbons (Fsp3) is 0.706. The molecule has 0 spiro atoms. The smallest absolute Gasteiger partial charge is 0.0825 e. The maximum absolute atomic E-state index is 5.71. The minimum atomic E-state index is -0.0375. The molecular formula is C17H29N3O. The molecule has 1 N–H and O–H groups in total. The van der Waals surface area contributed by atoms with E-state index in [2.05, 4.69) is 42.0 Å². The molecule has 0 aliphatic carbocycles. The molecule has 118 valence electrons. The van der Waals surface area contributed by atoms with Crippen molar-refractivity contribution in [3.63, 3.8) is 0 Å². The number of hydrogen-bond donors (Lipinski definition) is 1. The molecule has 1 aromatic rings. The molecule has 0 aromatic carbocycles. The number of ether oxygens (including phenoxy) is 1. The van der Waals surface area contributed by atoms with Crippen LogP contribution in [0.3, 0.4) is 0 Å². The van der Waals surface area contributed by atoms with Crippen LogP contribution >= 0.6 is 0 Å². The number of aromatic nitrogens is 1. The predicted molar refractivity (Wildman–Crippen MR) is 87.6 cm³/mol. The summed E-state index contributed by atoms with van der Waals surface area (Å²) >= 11 is 0. The SMILES string of the molecule is COC1(C)CCCN(c2ccncc2CNCC(C)C)C1. The van der Waals surface area contributed by atoms with Crippen LogP contribution in [-0.4, -0.2) is 37.3 Å². The zero-order valence-corrected chi connectivity index (χ0v) is 13.9. The van der Waals surface area contributed by atoms with Gasteiger partial charge in [-0.05, 0) is 38.3 Å². The van der Waals surface area contributed by atoms with Gasteiger partial charge in [-0.1, -0.05) is 13.8 Å². The van der Waals surface area contributed by atoms with Crippen LogP contribution in [0.1, 0.15) is 39.2 Å². The number of rotatable bonds is 6. The Hall–Kier alpha value is -1.13. The molecule has 4 nitrogen and oxygen atoms in total. The number of piperidine rings is 1. The molecule has 0 saturated carbocycles. The normalized spacial score (nSPS) is 22.8. The van der Waals surface area contributed by atoms with Crippen LogP contribution in [0.2, 0.25) is 0 Å². The molecule has 0 bridgehead atoms. The Balaban J connectivity index is 2.08. The molecule has 2 rings (SSSR count).